The van der Waals surface area contributed by atoms with Crippen molar-refractivity contribution < 1.29 is 0 Å². The second kappa shape index (κ2) is 16.1. The van der Waals surface area contributed by atoms with E-state index in [0.717, 1.165) is 44.5 Å². The van der Waals surface area contributed by atoms with Gasteiger partial charge in [-0.3, -0.25) is 0 Å². The van der Waals surface area contributed by atoms with Crippen molar-refractivity contribution in [1.82, 2.24) is 29.9 Å². The Labute approximate surface area is 369 Å². The Bertz CT molecular complexity index is 3120. The lowest BCUT2D eigenvalue weighted by atomic mass is 9.96. The summed E-state index contributed by atoms with van der Waals surface area (Å²) in [6.45, 7) is 4.37. The van der Waals surface area contributed by atoms with Crippen LogP contribution in [0, 0.1) is 13.8 Å². The summed E-state index contributed by atoms with van der Waals surface area (Å²) in [5, 5.41) is 2.48. The molecule has 0 saturated heterocycles. The number of aromatic nitrogens is 6. The number of fused-ring (bicyclic) bond motifs is 3. The molecular formula is C56H38N6S. The molecule has 0 atom stereocenters. The summed E-state index contributed by atoms with van der Waals surface area (Å²) in [7, 11) is 0. The van der Waals surface area contributed by atoms with Crippen LogP contribution in [0.2, 0.25) is 0 Å². The molecule has 0 amide bonds. The third-order valence-corrected chi connectivity index (χ3v) is 12.5. The average molecular weight is 827 g/mol. The van der Waals surface area contributed by atoms with Gasteiger partial charge in [-0.15, -0.1) is 11.3 Å². The van der Waals surface area contributed by atoms with E-state index in [1.807, 2.05) is 133 Å². The largest absolute Gasteiger partial charge is 0.208 e. The molecule has 0 unspecified atom stereocenters. The molecule has 0 N–H and O–H groups in total. The minimum Gasteiger partial charge on any atom is -0.208 e. The molecule has 3 heterocycles. The quantitative estimate of drug-likeness (QED) is 0.152. The molecule has 8 aromatic carbocycles. The highest BCUT2D eigenvalue weighted by molar-refractivity contribution is 7.26. The molecule has 3 aromatic heterocycles. The Kier molecular flexibility index (Phi) is 9.71. The maximum atomic E-state index is 5.04. The molecule has 0 fully saturated rings. The third kappa shape index (κ3) is 7.45. The van der Waals surface area contributed by atoms with Gasteiger partial charge >= 0.3 is 0 Å². The van der Waals surface area contributed by atoms with Crippen molar-refractivity contribution in [3.63, 3.8) is 0 Å². The van der Waals surface area contributed by atoms with Gasteiger partial charge in [0.05, 0.1) is 0 Å². The zero-order valence-corrected chi connectivity index (χ0v) is 35.4. The lowest BCUT2D eigenvalue weighted by molar-refractivity contribution is 1.07. The standard InChI is InChI=1S/C56H38N6S/c1-35-29-45(41-25-15-27-43(33-41)55-59-51(37-17-7-3-8-18-37)57-52(60-55)38-19-9-4-10-20-38)49-47(31-35)48-32-36(2)30-46(50(48)63-49)42-26-16-28-44(34-42)56-61-53(39-21-11-5-12-22-39)58-54(62-56)40-23-13-6-14-24-40/h3-34H,1-2H3. The van der Waals surface area contributed by atoms with E-state index in [0.29, 0.717) is 34.9 Å². The van der Waals surface area contributed by atoms with Crippen molar-refractivity contribution in [3.05, 3.63) is 205 Å². The van der Waals surface area contributed by atoms with Crippen LogP contribution in [0.4, 0.5) is 0 Å². The first-order chi connectivity index (χ1) is 31.0. The highest BCUT2D eigenvalue weighted by Gasteiger charge is 2.19. The van der Waals surface area contributed by atoms with Gasteiger partial charge < -0.3 is 0 Å². The number of hydrogen-bond donors (Lipinski definition) is 0. The summed E-state index contributed by atoms with van der Waals surface area (Å²) < 4.78 is 2.47. The van der Waals surface area contributed by atoms with E-state index in [-0.39, 0.29) is 0 Å². The van der Waals surface area contributed by atoms with Gasteiger partial charge in [-0.1, -0.05) is 158 Å². The second-order valence-electron chi connectivity index (χ2n) is 15.7. The summed E-state index contributed by atoms with van der Waals surface area (Å²) in [4.78, 5) is 30.0. The number of rotatable bonds is 8. The van der Waals surface area contributed by atoms with Crippen LogP contribution in [-0.4, -0.2) is 29.9 Å². The van der Waals surface area contributed by atoms with Crippen LogP contribution in [0.1, 0.15) is 11.1 Å². The van der Waals surface area contributed by atoms with Gasteiger partial charge in [0.1, 0.15) is 0 Å². The minimum absolute atomic E-state index is 0.632. The monoisotopic (exact) mass is 826 g/mol. The highest BCUT2D eigenvalue weighted by atomic mass is 32.1. The fraction of sp³-hybridized carbons (Fsp3) is 0.0357. The number of aryl methyl sites for hydroxylation is 2. The van der Waals surface area contributed by atoms with E-state index in [1.165, 1.54) is 42.4 Å². The first-order valence-electron chi connectivity index (χ1n) is 20.9. The predicted molar refractivity (Wildman–Crippen MR) is 259 cm³/mol. The number of hydrogen-bond acceptors (Lipinski definition) is 7. The Balaban J connectivity index is 1.03. The zero-order valence-electron chi connectivity index (χ0n) is 34.6. The average Bonchev–Trinajstić information content (AvgIpc) is 3.72. The number of benzene rings is 8. The molecule has 0 aliphatic carbocycles. The molecule has 11 rings (SSSR count). The van der Waals surface area contributed by atoms with E-state index < -0.39 is 0 Å². The van der Waals surface area contributed by atoms with Gasteiger partial charge in [-0.25, -0.2) is 29.9 Å². The van der Waals surface area contributed by atoms with Crippen LogP contribution >= 0.6 is 11.3 Å². The predicted octanol–water partition coefficient (Wildman–Crippen LogP) is 14.4. The fourth-order valence-electron chi connectivity index (χ4n) is 8.22. The van der Waals surface area contributed by atoms with E-state index >= 15 is 0 Å². The maximum Gasteiger partial charge on any atom is 0.164 e. The second-order valence-corrected chi connectivity index (χ2v) is 16.7. The molecule has 0 bridgehead atoms. The van der Waals surface area contributed by atoms with Crippen LogP contribution in [0.5, 0.6) is 0 Å². The van der Waals surface area contributed by atoms with Gasteiger partial charge in [0.2, 0.25) is 0 Å². The Morgan fingerprint density at radius 1 is 0.270 bits per heavy atom. The Morgan fingerprint density at radius 3 is 0.857 bits per heavy atom. The van der Waals surface area contributed by atoms with E-state index in [4.69, 9.17) is 29.9 Å². The minimum atomic E-state index is 0.632. The third-order valence-electron chi connectivity index (χ3n) is 11.2. The van der Waals surface area contributed by atoms with Gasteiger partial charge in [-0.2, -0.15) is 0 Å². The normalized spacial score (nSPS) is 11.3. The molecule has 298 valence electrons. The van der Waals surface area contributed by atoms with Crippen LogP contribution in [-0.2, 0) is 0 Å². The van der Waals surface area contributed by atoms with Crippen molar-refractivity contribution in [1.29, 1.82) is 0 Å². The van der Waals surface area contributed by atoms with Gasteiger partial charge in [0, 0.05) is 53.6 Å². The van der Waals surface area contributed by atoms with Crippen molar-refractivity contribution in [2.45, 2.75) is 13.8 Å². The van der Waals surface area contributed by atoms with E-state index in [2.05, 4.69) is 86.6 Å². The smallest absolute Gasteiger partial charge is 0.164 e. The Hall–Kier alpha value is -8.00. The molecular weight excluding hydrogens is 789 g/mol. The number of thiophene rings is 1. The maximum absolute atomic E-state index is 5.04. The molecule has 7 heteroatoms. The lowest BCUT2D eigenvalue weighted by Crippen LogP contribution is -2.00. The van der Waals surface area contributed by atoms with Gasteiger partial charge in [0.15, 0.2) is 34.9 Å². The number of nitrogens with zero attached hydrogens (tertiary/aromatic N) is 6. The first kappa shape index (κ1) is 38.0. The highest BCUT2D eigenvalue weighted by Crippen LogP contribution is 2.46. The first-order valence-corrected chi connectivity index (χ1v) is 21.8. The SMILES string of the molecule is Cc1cc(-c2cccc(-c3nc(-c4ccccc4)nc(-c4ccccc4)n3)c2)c2sc3c(-c4cccc(-c5nc(-c6ccccc6)nc(-c6ccccc6)n5)c4)cc(C)cc3c2c1. The molecule has 11 aromatic rings. The van der Waals surface area contributed by atoms with Crippen LogP contribution in [0.15, 0.2) is 194 Å². The summed E-state index contributed by atoms with van der Waals surface area (Å²) in [5.74, 6) is 3.83. The molecule has 0 aliphatic rings. The Morgan fingerprint density at radius 2 is 0.540 bits per heavy atom. The fourth-order valence-corrected chi connectivity index (χ4v) is 9.56. The van der Waals surface area contributed by atoms with Gasteiger partial charge in [0.25, 0.3) is 0 Å². The summed E-state index contributed by atoms with van der Waals surface area (Å²) in [6, 6.07) is 66.9. The summed E-state index contributed by atoms with van der Waals surface area (Å²) in [6.07, 6.45) is 0. The van der Waals surface area contributed by atoms with Gasteiger partial charge in [-0.05, 0) is 83.6 Å². The molecule has 0 spiro atoms. The molecule has 0 saturated carbocycles. The van der Waals surface area contributed by atoms with Crippen molar-refractivity contribution in [2.24, 2.45) is 0 Å². The summed E-state index contributed by atoms with van der Waals surface area (Å²) in [5.41, 5.74) is 12.6. The molecule has 63 heavy (non-hydrogen) atoms. The summed E-state index contributed by atoms with van der Waals surface area (Å²) >= 11 is 1.84. The van der Waals surface area contributed by atoms with Crippen molar-refractivity contribution >= 4 is 31.5 Å². The molecule has 6 nitrogen and oxygen atoms in total. The molecule has 0 aliphatic heterocycles. The van der Waals surface area contributed by atoms with Crippen molar-refractivity contribution in [3.8, 4) is 90.6 Å². The van der Waals surface area contributed by atoms with Crippen LogP contribution < -0.4 is 0 Å². The van der Waals surface area contributed by atoms with E-state index in [9.17, 15) is 0 Å². The van der Waals surface area contributed by atoms with Crippen LogP contribution in [0.25, 0.3) is 111 Å². The van der Waals surface area contributed by atoms with Crippen molar-refractivity contribution in [2.75, 3.05) is 0 Å². The zero-order chi connectivity index (χ0) is 42.3. The molecule has 0 radical (unpaired) electrons. The topological polar surface area (TPSA) is 77.3 Å². The van der Waals surface area contributed by atoms with Crippen LogP contribution in [0.3, 0.4) is 0 Å². The lowest BCUT2D eigenvalue weighted by Gasteiger charge is -2.10. The van der Waals surface area contributed by atoms with E-state index in [1.54, 1.807) is 0 Å².